The van der Waals surface area contributed by atoms with Crippen molar-refractivity contribution >= 4 is 21.6 Å². The summed E-state index contributed by atoms with van der Waals surface area (Å²) in [5.74, 6) is -0.236. The van der Waals surface area contributed by atoms with Crippen molar-refractivity contribution in [3.8, 4) is 0 Å². The Labute approximate surface area is 148 Å². The van der Waals surface area contributed by atoms with E-state index in [0.717, 1.165) is 29.7 Å². The average Bonchev–Trinajstić information content (AvgIpc) is 2.59. The number of hydrogen-bond donors (Lipinski definition) is 1. The van der Waals surface area contributed by atoms with Gasteiger partial charge in [0.15, 0.2) is 0 Å². The number of carbonyl (C=O) groups excluding carboxylic acids is 1. The molecule has 2 aromatic carbocycles. The Morgan fingerprint density at radius 3 is 2.68 bits per heavy atom. The summed E-state index contributed by atoms with van der Waals surface area (Å²) >= 11 is 0. The predicted molar refractivity (Wildman–Crippen MR) is 98.2 cm³/mol. The van der Waals surface area contributed by atoms with E-state index in [9.17, 15) is 13.2 Å². The van der Waals surface area contributed by atoms with Gasteiger partial charge in [0.1, 0.15) is 0 Å². The number of anilines is 1. The first-order valence-corrected chi connectivity index (χ1v) is 9.82. The van der Waals surface area contributed by atoms with Gasteiger partial charge in [0, 0.05) is 12.2 Å². The molecule has 6 heteroatoms. The first kappa shape index (κ1) is 17.6. The molecule has 0 aromatic heterocycles. The summed E-state index contributed by atoms with van der Waals surface area (Å²) < 4.78 is 27.5. The van der Waals surface area contributed by atoms with Crippen LogP contribution in [0.15, 0.2) is 47.4 Å². The second-order valence-electron chi connectivity index (χ2n) is 6.37. The average molecular weight is 358 g/mol. The van der Waals surface area contributed by atoms with E-state index < -0.39 is 10.0 Å². The standard InChI is InChI=1S/C19H22N2O3S/c1-14-9-10-18(15(2)12-14)25(23,24)20-13-19(22)21-11-5-7-16-6-3-4-8-17(16)21/h3-4,6,8-10,12,20H,5,7,11,13H2,1-2H3. The number of aryl methyl sites for hydroxylation is 3. The number of amides is 1. The van der Waals surface area contributed by atoms with Gasteiger partial charge in [-0.15, -0.1) is 0 Å². The van der Waals surface area contributed by atoms with E-state index in [0.29, 0.717) is 12.1 Å². The Morgan fingerprint density at radius 1 is 1.16 bits per heavy atom. The molecule has 3 rings (SSSR count). The Balaban J connectivity index is 1.74. The Kier molecular flexibility index (Phi) is 4.92. The van der Waals surface area contributed by atoms with Crippen molar-refractivity contribution in [3.05, 3.63) is 59.2 Å². The number of benzene rings is 2. The molecule has 0 bridgehead atoms. The van der Waals surface area contributed by atoms with Gasteiger partial charge in [0.2, 0.25) is 15.9 Å². The highest BCUT2D eigenvalue weighted by molar-refractivity contribution is 7.89. The van der Waals surface area contributed by atoms with Crippen LogP contribution in [0.3, 0.4) is 0 Å². The first-order chi connectivity index (χ1) is 11.9. The number of para-hydroxylation sites is 1. The van der Waals surface area contributed by atoms with Gasteiger partial charge >= 0.3 is 0 Å². The molecule has 2 aromatic rings. The fraction of sp³-hybridized carbons (Fsp3) is 0.316. The molecule has 132 valence electrons. The lowest BCUT2D eigenvalue weighted by Gasteiger charge is -2.29. The zero-order valence-electron chi connectivity index (χ0n) is 14.5. The Bertz CT molecular complexity index is 907. The van der Waals surface area contributed by atoms with Crippen LogP contribution >= 0.6 is 0 Å². The predicted octanol–water partition coefficient (Wildman–Crippen LogP) is 2.56. The number of sulfonamides is 1. The quantitative estimate of drug-likeness (QED) is 0.913. The Morgan fingerprint density at radius 2 is 1.92 bits per heavy atom. The van der Waals surface area contributed by atoms with Crippen molar-refractivity contribution in [2.24, 2.45) is 0 Å². The van der Waals surface area contributed by atoms with Crippen molar-refractivity contribution in [2.75, 3.05) is 18.0 Å². The maximum absolute atomic E-state index is 12.6. The van der Waals surface area contributed by atoms with Crippen molar-refractivity contribution < 1.29 is 13.2 Å². The van der Waals surface area contributed by atoms with E-state index in [1.165, 1.54) is 0 Å². The van der Waals surface area contributed by atoms with Crippen LogP contribution in [0.4, 0.5) is 5.69 Å². The molecule has 0 aliphatic carbocycles. The van der Waals surface area contributed by atoms with Gasteiger partial charge in [0.25, 0.3) is 0 Å². The largest absolute Gasteiger partial charge is 0.311 e. The number of nitrogens with one attached hydrogen (secondary N) is 1. The van der Waals surface area contributed by atoms with Crippen LogP contribution < -0.4 is 9.62 Å². The smallest absolute Gasteiger partial charge is 0.242 e. The molecular weight excluding hydrogens is 336 g/mol. The molecule has 1 amide bonds. The maximum atomic E-state index is 12.6. The lowest BCUT2D eigenvalue weighted by molar-refractivity contribution is -0.117. The van der Waals surface area contributed by atoms with Crippen molar-refractivity contribution in [1.29, 1.82) is 0 Å². The van der Waals surface area contributed by atoms with Crippen LogP contribution in [-0.2, 0) is 21.2 Å². The minimum Gasteiger partial charge on any atom is -0.311 e. The number of hydrogen-bond acceptors (Lipinski definition) is 3. The number of nitrogens with zero attached hydrogens (tertiary/aromatic N) is 1. The van der Waals surface area contributed by atoms with Crippen LogP contribution in [0.2, 0.25) is 0 Å². The summed E-state index contributed by atoms with van der Waals surface area (Å²) in [5, 5.41) is 0. The molecule has 25 heavy (non-hydrogen) atoms. The summed E-state index contributed by atoms with van der Waals surface area (Å²) in [7, 11) is -3.72. The molecule has 1 N–H and O–H groups in total. The fourth-order valence-corrected chi connectivity index (χ4v) is 4.42. The van der Waals surface area contributed by atoms with Gasteiger partial charge in [-0.3, -0.25) is 4.79 Å². The molecule has 0 unspecified atom stereocenters. The molecule has 0 radical (unpaired) electrons. The number of fused-ring (bicyclic) bond motifs is 1. The summed E-state index contributed by atoms with van der Waals surface area (Å²) in [4.78, 5) is 14.5. The van der Waals surface area contributed by atoms with E-state index in [4.69, 9.17) is 0 Å². The van der Waals surface area contributed by atoms with Gasteiger partial charge < -0.3 is 4.90 Å². The van der Waals surface area contributed by atoms with Crippen LogP contribution in [0.1, 0.15) is 23.1 Å². The second-order valence-corrected chi connectivity index (χ2v) is 8.11. The number of rotatable bonds is 4. The minimum absolute atomic E-state index is 0.213. The van der Waals surface area contributed by atoms with Crippen LogP contribution in [0.25, 0.3) is 0 Å². The third kappa shape index (κ3) is 3.75. The van der Waals surface area contributed by atoms with Crippen molar-refractivity contribution in [3.63, 3.8) is 0 Å². The molecule has 0 atom stereocenters. The summed E-state index contributed by atoms with van der Waals surface area (Å²) in [6.45, 7) is 4.03. The van der Waals surface area contributed by atoms with Crippen molar-refractivity contribution in [2.45, 2.75) is 31.6 Å². The zero-order chi connectivity index (χ0) is 18.0. The number of carbonyl (C=O) groups is 1. The maximum Gasteiger partial charge on any atom is 0.242 e. The highest BCUT2D eigenvalue weighted by Gasteiger charge is 2.24. The third-order valence-corrected chi connectivity index (χ3v) is 6.01. The fourth-order valence-electron chi connectivity index (χ4n) is 3.22. The SMILES string of the molecule is Cc1ccc(S(=O)(=O)NCC(=O)N2CCCc3ccccc32)c(C)c1. The van der Waals surface area contributed by atoms with Crippen molar-refractivity contribution in [1.82, 2.24) is 4.72 Å². The molecule has 0 fully saturated rings. The zero-order valence-corrected chi connectivity index (χ0v) is 15.3. The normalized spacial score (nSPS) is 14.2. The molecule has 0 spiro atoms. The van der Waals surface area contributed by atoms with Gasteiger partial charge in [-0.05, 0) is 49.9 Å². The van der Waals surface area contributed by atoms with Gasteiger partial charge in [-0.25, -0.2) is 13.1 Å². The van der Waals surface area contributed by atoms with Crippen LogP contribution in [0.5, 0.6) is 0 Å². The molecule has 0 saturated carbocycles. The Hall–Kier alpha value is -2.18. The van der Waals surface area contributed by atoms with Gasteiger partial charge in [-0.1, -0.05) is 35.9 Å². The van der Waals surface area contributed by atoms with E-state index in [-0.39, 0.29) is 17.3 Å². The monoisotopic (exact) mass is 358 g/mol. The topological polar surface area (TPSA) is 66.5 Å². The molecule has 5 nitrogen and oxygen atoms in total. The highest BCUT2D eigenvalue weighted by atomic mass is 32.2. The van der Waals surface area contributed by atoms with Crippen LogP contribution in [-0.4, -0.2) is 27.4 Å². The first-order valence-electron chi connectivity index (χ1n) is 8.34. The molecule has 0 saturated heterocycles. The minimum atomic E-state index is -3.72. The molecular formula is C19H22N2O3S. The van der Waals surface area contributed by atoms with Gasteiger partial charge in [-0.2, -0.15) is 0 Å². The summed E-state index contributed by atoms with van der Waals surface area (Å²) in [6.07, 6.45) is 1.82. The second kappa shape index (κ2) is 6.98. The molecule has 1 aliphatic heterocycles. The summed E-state index contributed by atoms with van der Waals surface area (Å²) in [6, 6.07) is 12.9. The van der Waals surface area contributed by atoms with Crippen LogP contribution in [0, 0.1) is 13.8 Å². The molecule has 1 heterocycles. The molecule has 1 aliphatic rings. The highest BCUT2D eigenvalue weighted by Crippen LogP contribution is 2.26. The van der Waals surface area contributed by atoms with E-state index in [1.54, 1.807) is 24.0 Å². The van der Waals surface area contributed by atoms with E-state index in [2.05, 4.69) is 4.72 Å². The van der Waals surface area contributed by atoms with Gasteiger partial charge in [0.05, 0.1) is 11.4 Å². The van der Waals surface area contributed by atoms with E-state index in [1.807, 2.05) is 37.3 Å². The lowest BCUT2D eigenvalue weighted by atomic mass is 10.0. The third-order valence-electron chi connectivity index (χ3n) is 4.44. The lowest BCUT2D eigenvalue weighted by Crippen LogP contribution is -2.42. The van der Waals surface area contributed by atoms with E-state index >= 15 is 0 Å². The summed E-state index contributed by atoms with van der Waals surface area (Å²) in [5.41, 5.74) is 3.67.